The van der Waals surface area contributed by atoms with Crippen molar-refractivity contribution in [1.29, 1.82) is 0 Å². The molecule has 4 heterocycles. The van der Waals surface area contributed by atoms with E-state index in [2.05, 4.69) is 0 Å². The summed E-state index contributed by atoms with van der Waals surface area (Å²) in [5, 5.41) is 9.66. The number of rotatable bonds is 0. The maximum atomic E-state index is 12.7. The molecule has 2 fully saturated rings. The molecule has 0 bridgehead atoms. The van der Waals surface area contributed by atoms with Gasteiger partial charge < -0.3 is 33.9 Å². The molecule has 2 aromatic rings. The summed E-state index contributed by atoms with van der Waals surface area (Å²) < 4.78 is 23.1. The number of amides is 2. The Morgan fingerprint density at radius 2 is 1.19 bits per heavy atom. The smallest absolute Gasteiger partial charge is 0.410 e. The van der Waals surface area contributed by atoms with E-state index >= 15 is 0 Å². The fraction of sp³-hybridized carbons (Fsp3) is 0.514. The lowest BCUT2D eigenvalue weighted by molar-refractivity contribution is -0.0227. The van der Waals surface area contributed by atoms with Crippen molar-refractivity contribution >= 4 is 23.8 Å². The van der Waals surface area contributed by atoms with Gasteiger partial charge in [0, 0.05) is 51.9 Å². The molecule has 11 heteroatoms. The number of ketones is 2. The number of piperidine rings is 2. The number of para-hydroxylation sites is 2. The fourth-order valence-corrected chi connectivity index (χ4v) is 6.43. The third-order valence-electron chi connectivity index (χ3n) is 8.85. The third-order valence-corrected chi connectivity index (χ3v) is 8.85. The van der Waals surface area contributed by atoms with E-state index in [9.17, 15) is 24.3 Å². The summed E-state index contributed by atoms with van der Waals surface area (Å²) in [6, 6.07) is 14.4. The van der Waals surface area contributed by atoms with Gasteiger partial charge in [0.2, 0.25) is 0 Å². The van der Waals surface area contributed by atoms with E-state index in [1.54, 1.807) is 34.1 Å². The van der Waals surface area contributed by atoms with Gasteiger partial charge >= 0.3 is 12.2 Å². The van der Waals surface area contributed by atoms with Gasteiger partial charge in [0.05, 0.1) is 29.4 Å². The van der Waals surface area contributed by atoms with Crippen LogP contribution in [-0.2, 0) is 9.47 Å². The van der Waals surface area contributed by atoms with Crippen molar-refractivity contribution < 1.29 is 43.2 Å². The van der Waals surface area contributed by atoms with Crippen molar-refractivity contribution in [2.24, 2.45) is 0 Å². The second kappa shape index (κ2) is 13.2. The zero-order valence-electron chi connectivity index (χ0n) is 28.7. The number of nitrogens with zero attached hydrogens (tertiary/aromatic N) is 2. The van der Waals surface area contributed by atoms with Crippen LogP contribution in [0.4, 0.5) is 9.59 Å². The van der Waals surface area contributed by atoms with Gasteiger partial charge in [0.1, 0.15) is 33.9 Å². The van der Waals surface area contributed by atoms with Crippen LogP contribution in [-0.4, -0.2) is 87.2 Å². The van der Waals surface area contributed by atoms with Crippen LogP contribution in [0.1, 0.15) is 94.4 Å². The van der Waals surface area contributed by atoms with E-state index in [0.29, 0.717) is 80.9 Å². The Morgan fingerprint density at radius 1 is 0.729 bits per heavy atom. The summed E-state index contributed by atoms with van der Waals surface area (Å²) in [5.41, 5.74) is -1.09. The van der Waals surface area contributed by atoms with Gasteiger partial charge in [-0.25, -0.2) is 9.59 Å². The quantitative estimate of drug-likeness (QED) is 0.236. The number of carbonyl (C=O) groups excluding carboxylic acids is 4. The Bertz CT molecular complexity index is 1580. The lowest BCUT2D eigenvalue weighted by atomic mass is 9.78. The van der Waals surface area contributed by atoms with Crippen molar-refractivity contribution in [3.63, 3.8) is 0 Å². The Morgan fingerprint density at radius 3 is 1.69 bits per heavy atom. The summed E-state index contributed by atoms with van der Waals surface area (Å²) in [4.78, 5) is 52.8. The molecule has 2 aromatic carbocycles. The molecule has 0 radical (unpaired) electrons. The van der Waals surface area contributed by atoms with Gasteiger partial charge in [-0.15, -0.1) is 0 Å². The number of ether oxygens (including phenoxy) is 4. The third kappa shape index (κ3) is 7.61. The first-order valence-corrected chi connectivity index (χ1v) is 16.5. The predicted molar refractivity (Wildman–Crippen MR) is 178 cm³/mol. The van der Waals surface area contributed by atoms with E-state index in [1.165, 1.54) is 0 Å². The SMILES string of the molecule is CC(C)(C)OC(=O)N1CCC2(CC1)CC(=O)c1ccccc1O2.CC(C)(C)OC(=O)N1CCC2(CC1)Oc1ccccc1C(=O)/C2=C\O. The molecule has 1 N–H and O–H groups in total. The Kier molecular flexibility index (Phi) is 9.54. The van der Waals surface area contributed by atoms with Crippen LogP contribution in [0, 0.1) is 0 Å². The number of carbonyl (C=O) groups is 4. The van der Waals surface area contributed by atoms with Crippen molar-refractivity contribution in [3.8, 4) is 11.5 Å². The summed E-state index contributed by atoms with van der Waals surface area (Å²) >= 11 is 0. The molecule has 6 rings (SSSR count). The number of aliphatic hydroxyl groups excluding tert-OH is 1. The molecule has 0 unspecified atom stereocenters. The minimum absolute atomic E-state index is 0.123. The molecule has 2 saturated heterocycles. The molecule has 0 aliphatic carbocycles. The van der Waals surface area contributed by atoms with Crippen molar-refractivity contribution in [2.75, 3.05) is 26.2 Å². The van der Waals surface area contributed by atoms with Crippen LogP contribution in [0.25, 0.3) is 0 Å². The second-order valence-electron chi connectivity index (χ2n) is 14.8. The molecule has 4 aliphatic rings. The van der Waals surface area contributed by atoms with Gasteiger partial charge in [-0.2, -0.15) is 0 Å². The number of aliphatic hydroxyl groups is 1. The van der Waals surface area contributed by atoms with Crippen LogP contribution >= 0.6 is 0 Å². The monoisotopic (exact) mass is 662 g/mol. The average molecular weight is 663 g/mol. The minimum atomic E-state index is -0.904. The maximum Gasteiger partial charge on any atom is 0.410 e. The lowest BCUT2D eigenvalue weighted by Crippen LogP contribution is -2.54. The molecule has 0 saturated carbocycles. The zero-order valence-corrected chi connectivity index (χ0v) is 28.7. The molecule has 2 spiro atoms. The number of hydrogen-bond donors (Lipinski definition) is 1. The normalized spacial score (nSPS) is 20.5. The number of benzene rings is 2. The average Bonchev–Trinajstić information content (AvgIpc) is 3.01. The predicted octanol–water partition coefficient (Wildman–Crippen LogP) is 6.89. The highest BCUT2D eigenvalue weighted by molar-refractivity contribution is 6.12. The Hall–Kier alpha value is -4.54. The van der Waals surface area contributed by atoms with Gasteiger partial charge in [-0.3, -0.25) is 9.59 Å². The standard InChI is InChI=1S/C19H23NO5.C18H23NO4/c1-18(2,3)25-17(23)20-10-8-19(9-11-20)14(12-21)16(22)13-6-4-5-7-15(13)24-19;1-17(2,3)23-16(21)19-10-8-18(9-11-19)12-14(20)13-6-4-5-7-15(13)22-18/h4-7,12,21H,8-11H2,1-3H3;4-7H,8-12H2,1-3H3/b14-12+;. The van der Waals surface area contributed by atoms with Crippen LogP contribution in [0.15, 0.2) is 60.4 Å². The molecule has 4 aliphatic heterocycles. The van der Waals surface area contributed by atoms with Gasteiger partial charge in [0.25, 0.3) is 0 Å². The van der Waals surface area contributed by atoms with Gasteiger partial charge in [-0.05, 0) is 65.8 Å². The van der Waals surface area contributed by atoms with Crippen molar-refractivity contribution in [1.82, 2.24) is 9.80 Å². The highest BCUT2D eigenvalue weighted by Crippen LogP contribution is 2.43. The first-order valence-electron chi connectivity index (χ1n) is 16.5. The summed E-state index contributed by atoms with van der Waals surface area (Å²) in [7, 11) is 0. The lowest BCUT2D eigenvalue weighted by Gasteiger charge is -2.44. The highest BCUT2D eigenvalue weighted by Gasteiger charge is 2.48. The summed E-state index contributed by atoms with van der Waals surface area (Å²) in [6.07, 6.45) is 2.68. The van der Waals surface area contributed by atoms with E-state index in [1.807, 2.05) is 65.8 Å². The van der Waals surface area contributed by atoms with Gasteiger partial charge in [0.15, 0.2) is 11.6 Å². The number of likely N-dealkylation sites (tertiary alicyclic amines) is 2. The van der Waals surface area contributed by atoms with E-state index < -0.39 is 22.4 Å². The molecule has 0 atom stereocenters. The van der Waals surface area contributed by atoms with Crippen LogP contribution in [0.3, 0.4) is 0 Å². The number of fused-ring (bicyclic) bond motifs is 2. The number of Topliss-reactive ketones (excluding diaryl/α,β-unsaturated/α-hetero) is 2. The molecule has 11 nitrogen and oxygen atoms in total. The summed E-state index contributed by atoms with van der Waals surface area (Å²) in [5.74, 6) is 1.07. The summed E-state index contributed by atoms with van der Waals surface area (Å²) in [6.45, 7) is 12.9. The van der Waals surface area contributed by atoms with Crippen LogP contribution in [0.2, 0.25) is 0 Å². The zero-order chi connectivity index (χ0) is 34.9. The topological polar surface area (TPSA) is 132 Å². The van der Waals surface area contributed by atoms with E-state index in [0.717, 1.165) is 6.26 Å². The highest BCUT2D eigenvalue weighted by atomic mass is 16.6. The molecular formula is C37H46N2O9. The van der Waals surface area contributed by atoms with Crippen LogP contribution in [0.5, 0.6) is 11.5 Å². The molecular weight excluding hydrogens is 616 g/mol. The van der Waals surface area contributed by atoms with Crippen molar-refractivity contribution in [2.45, 2.75) is 96.1 Å². The fourth-order valence-electron chi connectivity index (χ4n) is 6.43. The Labute approximate surface area is 281 Å². The number of hydrogen-bond acceptors (Lipinski definition) is 9. The maximum absolute atomic E-state index is 12.7. The van der Waals surface area contributed by atoms with E-state index in [-0.39, 0.29) is 29.3 Å². The Balaban J connectivity index is 0.000000188. The molecule has 2 amide bonds. The first-order chi connectivity index (χ1) is 22.5. The molecule has 48 heavy (non-hydrogen) atoms. The van der Waals surface area contributed by atoms with Crippen molar-refractivity contribution in [3.05, 3.63) is 71.5 Å². The second-order valence-corrected chi connectivity index (χ2v) is 14.8. The van der Waals surface area contributed by atoms with Crippen LogP contribution < -0.4 is 9.47 Å². The van der Waals surface area contributed by atoms with Gasteiger partial charge in [-0.1, -0.05) is 24.3 Å². The molecule has 258 valence electrons. The first kappa shape index (κ1) is 34.8. The molecule has 0 aromatic heterocycles. The minimum Gasteiger partial charge on any atom is -0.515 e. The van der Waals surface area contributed by atoms with E-state index in [4.69, 9.17) is 18.9 Å². The largest absolute Gasteiger partial charge is 0.515 e.